The van der Waals surface area contributed by atoms with E-state index in [9.17, 15) is 0 Å². The number of aryl methyl sites for hydroxylation is 2. The summed E-state index contributed by atoms with van der Waals surface area (Å²) in [7, 11) is 0. The number of nitrogens with zero attached hydrogens (tertiary/aromatic N) is 3. The predicted octanol–water partition coefficient (Wildman–Crippen LogP) is 2.14. The van der Waals surface area contributed by atoms with Crippen LogP contribution in [0.2, 0.25) is 0 Å². The highest BCUT2D eigenvalue weighted by Gasteiger charge is 2.08. The van der Waals surface area contributed by atoms with E-state index in [1.54, 1.807) is 6.92 Å². The Balaban J connectivity index is 2.31. The van der Waals surface area contributed by atoms with E-state index in [0.717, 1.165) is 5.56 Å². The molecule has 0 radical (unpaired) electrons. The van der Waals surface area contributed by atoms with Crippen LogP contribution in [0.15, 0.2) is 24.3 Å². The van der Waals surface area contributed by atoms with Gasteiger partial charge in [-0.25, -0.2) is 9.97 Å². The second-order valence-corrected chi connectivity index (χ2v) is 4.26. The molecular weight excluding hydrogens is 224 g/mol. The molecule has 4 nitrogen and oxygen atoms in total. The van der Waals surface area contributed by atoms with Gasteiger partial charge in [0.25, 0.3) is 0 Å². The normalized spacial score (nSPS) is 10.1. The van der Waals surface area contributed by atoms with Crippen LogP contribution in [0.25, 0.3) is 0 Å². The van der Waals surface area contributed by atoms with Crippen molar-refractivity contribution in [1.82, 2.24) is 9.97 Å². The standard InChI is InChI=1S/C14H14N4/c1-9-3-5-11(6-4-9)7-13-17-10(2)12(8-15)14(16)18-13/h3-6H,7H2,1-2H3,(H2,16,17,18). The lowest BCUT2D eigenvalue weighted by Crippen LogP contribution is -2.06. The Morgan fingerprint density at radius 1 is 1.17 bits per heavy atom. The summed E-state index contributed by atoms with van der Waals surface area (Å²) in [6, 6.07) is 10.2. The Morgan fingerprint density at radius 2 is 1.83 bits per heavy atom. The summed E-state index contributed by atoms with van der Waals surface area (Å²) < 4.78 is 0. The van der Waals surface area contributed by atoms with Gasteiger partial charge in [0.05, 0.1) is 5.69 Å². The third-order valence-electron chi connectivity index (χ3n) is 2.76. The first-order chi connectivity index (χ1) is 8.60. The van der Waals surface area contributed by atoms with Crippen LogP contribution in [0.5, 0.6) is 0 Å². The first-order valence-corrected chi connectivity index (χ1v) is 5.69. The van der Waals surface area contributed by atoms with E-state index in [1.165, 1.54) is 5.56 Å². The first kappa shape index (κ1) is 12.1. The van der Waals surface area contributed by atoms with Crippen LogP contribution in [0, 0.1) is 25.2 Å². The van der Waals surface area contributed by atoms with Crippen molar-refractivity contribution in [3.8, 4) is 6.07 Å². The highest BCUT2D eigenvalue weighted by molar-refractivity contribution is 5.50. The minimum atomic E-state index is 0.257. The van der Waals surface area contributed by atoms with Crippen molar-refractivity contribution in [2.75, 3.05) is 5.73 Å². The van der Waals surface area contributed by atoms with Gasteiger partial charge in [-0.05, 0) is 19.4 Å². The highest BCUT2D eigenvalue weighted by Crippen LogP contribution is 2.14. The fourth-order valence-electron chi connectivity index (χ4n) is 1.76. The molecule has 1 aromatic heterocycles. The Labute approximate surface area is 106 Å². The zero-order valence-corrected chi connectivity index (χ0v) is 10.4. The number of nitrogens with two attached hydrogens (primary N) is 1. The molecule has 4 heteroatoms. The lowest BCUT2D eigenvalue weighted by Gasteiger charge is -2.05. The summed E-state index contributed by atoms with van der Waals surface area (Å²) in [5, 5.41) is 8.90. The molecule has 0 aliphatic rings. The van der Waals surface area contributed by atoms with Gasteiger partial charge in [0.15, 0.2) is 0 Å². The number of hydrogen-bond acceptors (Lipinski definition) is 4. The van der Waals surface area contributed by atoms with Crippen molar-refractivity contribution >= 4 is 5.82 Å². The number of nitrogen functional groups attached to an aromatic ring is 1. The summed E-state index contributed by atoms with van der Waals surface area (Å²) in [6.45, 7) is 3.82. The molecule has 1 aromatic carbocycles. The number of anilines is 1. The molecule has 0 saturated carbocycles. The maximum Gasteiger partial charge on any atom is 0.145 e. The van der Waals surface area contributed by atoms with Crippen molar-refractivity contribution in [2.45, 2.75) is 20.3 Å². The molecule has 0 spiro atoms. The lowest BCUT2D eigenvalue weighted by atomic mass is 10.1. The summed E-state index contributed by atoms with van der Waals surface area (Å²) >= 11 is 0. The molecule has 0 bridgehead atoms. The predicted molar refractivity (Wildman–Crippen MR) is 69.9 cm³/mol. The fraction of sp³-hybridized carbons (Fsp3) is 0.214. The Bertz CT molecular complexity index is 586. The highest BCUT2D eigenvalue weighted by atomic mass is 14.9. The van der Waals surface area contributed by atoms with Crippen LogP contribution in [-0.2, 0) is 6.42 Å². The van der Waals surface area contributed by atoms with Gasteiger partial charge in [-0.15, -0.1) is 0 Å². The SMILES string of the molecule is Cc1ccc(Cc2nc(C)c(C#N)c(N)n2)cc1. The monoisotopic (exact) mass is 238 g/mol. The zero-order valence-electron chi connectivity index (χ0n) is 10.4. The Hall–Kier alpha value is -2.41. The van der Waals surface area contributed by atoms with E-state index in [-0.39, 0.29) is 5.82 Å². The van der Waals surface area contributed by atoms with E-state index in [0.29, 0.717) is 23.5 Å². The summed E-state index contributed by atoms with van der Waals surface area (Å²) in [6.07, 6.45) is 0.622. The second-order valence-electron chi connectivity index (χ2n) is 4.26. The molecule has 90 valence electrons. The maximum absolute atomic E-state index is 8.90. The molecule has 1 heterocycles. The minimum absolute atomic E-state index is 0.257. The van der Waals surface area contributed by atoms with Crippen molar-refractivity contribution in [3.63, 3.8) is 0 Å². The van der Waals surface area contributed by atoms with Crippen molar-refractivity contribution < 1.29 is 0 Å². The maximum atomic E-state index is 8.90. The average molecular weight is 238 g/mol. The number of nitriles is 1. The quantitative estimate of drug-likeness (QED) is 0.869. The largest absolute Gasteiger partial charge is 0.382 e. The van der Waals surface area contributed by atoms with E-state index in [1.807, 2.05) is 25.1 Å². The average Bonchev–Trinajstić information content (AvgIpc) is 2.32. The molecular formula is C14H14N4. The number of aromatic nitrogens is 2. The molecule has 0 aliphatic heterocycles. The van der Waals surface area contributed by atoms with Crippen molar-refractivity contribution in [1.29, 1.82) is 5.26 Å². The van der Waals surface area contributed by atoms with Crippen molar-refractivity contribution in [3.05, 3.63) is 52.5 Å². The van der Waals surface area contributed by atoms with Gasteiger partial charge in [-0.3, -0.25) is 0 Å². The molecule has 0 fully saturated rings. The molecule has 2 aromatic rings. The van der Waals surface area contributed by atoms with E-state index in [2.05, 4.69) is 22.1 Å². The molecule has 0 aliphatic carbocycles. The van der Waals surface area contributed by atoms with Crippen LogP contribution >= 0.6 is 0 Å². The van der Waals surface area contributed by atoms with E-state index < -0.39 is 0 Å². The van der Waals surface area contributed by atoms with E-state index in [4.69, 9.17) is 11.0 Å². The fourth-order valence-corrected chi connectivity index (χ4v) is 1.76. The molecule has 0 amide bonds. The molecule has 0 atom stereocenters. The lowest BCUT2D eigenvalue weighted by molar-refractivity contribution is 0.942. The minimum Gasteiger partial charge on any atom is -0.382 e. The Morgan fingerprint density at radius 3 is 2.39 bits per heavy atom. The van der Waals surface area contributed by atoms with Gasteiger partial charge >= 0.3 is 0 Å². The first-order valence-electron chi connectivity index (χ1n) is 5.69. The smallest absolute Gasteiger partial charge is 0.145 e. The van der Waals surface area contributed by atoms with Crippen LogP contribution < -0.4 is 5.73 Å². The number of rotatable bonds is 2. The summed E-state index contributed by atoms with van der Waals surface area (Å²) in [5.74, 6) is 0.903. The van der Waals surface area contributed by atoms with Gasteiger partial charge in [-0.2, -0.15) is 5.26 Å². The zero-order chi connectivity index (χ0) is 13.1. The molecule has 18 heavy (non-hydrogen) atoms. The summed E-state index contributed by atoms with van der Waals surface area (Å²) in [5.41, 5.74) is 9.08. The van der Waals surface area contributed by atoms with Crippen LogP contribution in [0.1, 0.15) is 28.2 Å². The summed E-state index contributed by atoms with van der Waals surface area (Å²) in [4.78, 5) is 8.48. The molecule has 2 N–H and O–H groups in total. The van der Waals surface area contributed by atoms with Gasteiger partial charge in [0, 0.05) is 6.42 Å². The van der Waals surface area contributed by atoms with Gasteiger partial charge in [0.2, 0.25) is 0 Å². The third kappa shape index (κ3) is 2.46. The third-order valence-corrected chi connectivity index (χ3v) is 2.76. The topological polar surface area (TPSA) is 75.6 Å². The number of hydrogen-bond donors (Lipinski definition) is 1. The van der Waals surface area contributed by atoms with Gasteiger partial charge in [-0.1, -0.05) is 29.8 Å². The van der Waals surface area contributed by atoms with Crippen molar-refractivity contribution in [2.24, 2.45) is 0 Å². The second kappa shape index (κ2) is 4.84. The van der Waals surface area contributed by atoms with Crippen LogP contribution in [0.3, 0.4) is 0 Å². The Kier molecular flexibility index (Phi) is 3.24. The van der Waals surface area contributed by atoms with E-state index >= 15 is 0 Å². The molecule has 0 unspecified atom stereocenters. The van der Waals surface area contributed by atoms with Gasteiger partial charge in [0.1, 0.15) is 23.3 Å². The van der Waals surface area contributed by atoms with Crippen LogP contribution in [-0.4, -0.2) is 9.97 Å². The van der Waals surface area contributed by atoms with Crippen LogP contribution in [0.4, 0.5) is 5.82 Å². The molecule has 0 saturated heterocycles. The number of benzene rings is 1. The van der Waals surface area contributed by atoms with Gasteiger partial charge < -0.3 is 5.73 Å². The molecule has 2 rings (SSSR count).